The highest BCUT2D eigenvalue weighted by molar-refractivity contribution is 6.17. The zero-order chi connectivity index (χ0) is 18.5. The van der Waals surface area contributed by atoms with E-state index >= 15 is 0 Å². The average molecular weight is 350 g/mol. The molecule has 1 fully saturated rings. The predicted molar refractivity (Wildman–Crippen MR) is 105 cm³/mol. The Morgan fingerprint density at radius 1 is 1.15 bits per heavy atom. The Labute approximate surface area is 155 Å². The fourth-order valence-electron chi connectivity index (χ4n) is 3.27. The molecule has 2 amide bonds. The van der Waals surface area contributed by atoms with Crippen molar-refractivity contribution in [2.24, 2.45) is 0 Å². The van der Waals surface area contributed by atoms with Crippen molar-refractivity contribution in [1.82, 2.24) is 4.90 Å². The average Bonchev–Trinajstić information content (AvgIpc) is 2.91. The molecule has 2 aliphatic rings. The molecule has 4 heteroatoms. The van der Waals surface area contributed by atoms with E-state index in [9.17, 15) is 9.59 Å². The van der Waals surface area contributed by atoms with Crippen molar-refractivity contribution in [3.8, 4) is 0 Å². The van der Waals surface area contributed by atoms with Crippen LogP contribution in [0.4, 0.5) is 5.69 Å². The second-order valence-electron chi connectivity index (χ2n) is 6.92. The zero-order valence-electron chi connectivity index (χ0n) is 15.5. The van der Waals surface area contributed by atoms with Gasteiger partial charge in [0.2, 0.25) is 5.91 Å². The van der Waals surface area contributed by atoms with E-state index < -0.39 is 0 Å². The highest BCUT2D eigenvalue weighted by atomic mass is 16.2. The molecule has 1 heterocycles. The van der Waals surface area contributed by atoms with Gasteiger partial charge in [0, 0.05) is 23.5 Å². The van der Waals surface area contributed by atoms with Gasteiger partial charge >= 0.3 is 0 Å². The SMILES string of the molecule is CCCCNc1ccccc1/C=C1\CC(=O)N(C2=CC=C(C)CC2)C1=O. The number of benzene rings is 1. The summed E-state index contributed by atoms with van der Waals surface area (Å²) in [5.41, 5.74) is 4.60. The third-order valence-electron chi connectivity index (χ3n) is 4.83. The number of rotatable bonds is 6. The van der Waals surface area contributed by atoms with Crippen LogP contribution in [0.15, 0.2) is 53.3 Å². The summed E-state index contributed by atoms with van der Waals surface area (Å²) in [4.78, 5) is 26.6. The summed E-state index contributed by atoms with van der Waals surface area (Å²) in [6.07, 6.45) is 9.78. The normalized spacial score (nSPS) is 19.0. The maximum Gasteiger partial charge on any atom is 0.261 e. The van der Waals surface area contributed by atoms with E-state index in [4.69, 9.17) is 0 Å². The van der Waals surface area contributed by atoms with Crippen LogP contribution in [0.3, 0.4) is 0 Å². The lowest BCUT2D eigenvalue weighted by molar-refractivity contribution is -0.135. The lowest BCUT2D eigenvalue weighted by atomic mass is 10.0. The number of carbonyl (C=O) groups is 2. The number of para-hydroxylation sites is 1. The molecule has 0 bridgehead atoms. The number of imide groups is 1. The quantitative estimate of drug-likeness (QED) is 0.461. The molecule has 0 saturated carbocycles. The van der Waals surface area contributed by atoms with Crippen LogP contribution in [-0.4, -0.2) is 23.3 Å². The summed E-state index contributed by atoms with van der Waals surface area (Å²) < 4.78 is 0. The molecule has 0 spiro atoms. The minimum absolute atomic E-state index is 0.128. The minimum atomic E-state index is -0.183. The van der Waals surface area contributed by atoms with Gasteiger partial charge in [0.1, 0.15) is 0 Å². The summed E-state index contributed by atoms with van der Waals surface area (Å²) in [5.74, 6) is -0.311. The number of anilines is 1. The van der Waals surface area contributed by atoms with E-state index in [0.29, 0.717) is 5.57 Å². The first-order valence-electron chi connectivity index (χ1n) is 9.37. The van der Waals surface area contributed by atoms with Gasteiger partial charge in [-0.15, -0.1) is 0 Å². The van der Waals surface area contributed by atoms with Gasteiger partial charge in [-0.2, -0.15) is 0 Å². The number of nitrogens with one attached hydrogen (secondary N) is 1. The van der Waals surface area contributed by atoms with Crippen LogP contribution in [0.2, 0.25) is 0 Å². The molecular weight excluding hydrogens is 324 g/mol. The van der Waals surface area contributed by atoms with E-state index in [1.165, 1.54) is 10.5 Å². The largest absolute Gasteiger partial charge is 0.385 e. The van der Waals surface area contributed by atoms with Gasteiger partial charge < -0.3 is 5.32 Å². The van der Waals surface area contributed by atoms with Crippen LogP contribution in [0.1, 0.15) is 51.5 Å². The molecule has 136 valence electrons. The summed E-state index contributed by atoms with van der Waals surface area (Å²) in [6, 6.07) is 7.92. The number of carbonyl (C=O) groups excluding carboxylic acids is 2. The number of amides is 2. The smallest absolute Gasteiger partial charge is 0.261 e. The molecule has 0 aromatic heterocycles. The molecule has 3 rings (SSSR count). The number of hydrogen-bond acceptors (Lipinski definition) is 3. The Balaban J connectivity index is 1.83. The van der Waals surface area contributed by atoms with E-state index in [0.717, 1.165) is 49.2 Å². The standard InChI is InChI=1S/C22H26N2O2/c1-3-4-13-23-20-8-6-5-7-17(20)14-18-15-21(25)24(22(18)26)19-11-9-16(2)10-12-19/h5-9,11,14,23H,3-4,10,12-13,15H2,1-2H3/b18-14+. The van der Waals surface area contributed by atoms with Gasteiger partial charge in [0.05, 0.1) is 6.42 Å². The predicted octanol–water partition coefficient (Wildman–Crippen LogP) is 4.66. The van der Waals surface area contributed by atoms with Crippen LogP contribution < -0.4 is 5.32 Å². The van der Waals surface area contributed by atoms with Gasteiger partial charge in [-0.25, -0.2) is 0 Å². The molecule has 1 saturated heterocycles. The molecule has 4 nitrogen and oxygen atoms in total. The molecular formula is C22H26N2O2. The summed E-state index contributed by atoms with van der Waals surface area (Å²) in [6.45, 7) is 5.12. The summed E-state index contributed by atoms with van der Waals surface area (Å²) in [7, 11) is 0. The molecule has 1 aromatic rings. The number of allylic oxidation sites excluding steroid dienone is 4. The monoisotopic (exact) mass is 350 g/mol. The Morgan fingerprint density at radius 2 is 1.96 bits per heavy atom. The van der Waals surface area contributed by atoms with Crippen molar-refractivity contribution in [3.05, 3.63) is 58.8 Å². The van der Waals surface area contributed by atoms with Crippen molar-refractivity contribution in [1.29, 1.82) is 0 Å². The van der Waals surface area contributed by atoms with Crippen LogP contribution in [0.5, 0.6) is 0 Å². The first-order valence-corrected chi connectivity index (χ1v) is 9.37. The fraction of sp³-hybridized carbons (Fsp3) is 0.364. The Bertz CT molecular complexity index is 802. The first kappa shape index (κ1) is 18.2. The number of likely N-dealkylation sites (tertiary alicyclic amines) is 1. The van der Waals surface area contributed by atoms with Crippen molar-refractivity contribution >= 4 is 23.6 Å². The van der Waals surface area contributed by atoms with Crippen molar-refractivity contribution in [2.75, 3.05) is 11.9 Å². The van der Waals surface area contributed by atoms with Gasteiger partial charge in [0.25, 0.3) is 5.91 Å². The molecule has 1 aliphatic carbocycles. The first-order chi connectivity index (χ1) is 12.6. The van der Waals surface area contributed by atoms with Crippen LogP contribution in [0.25, 0.3) is 6.08 Å². The lowest BCUT2D eigenvalue weighted by Crippen LogP contribution is -2.29. The molecule has 1 aromatic carbocycles. The minimum Gasteiger partial charge on any atom is -0.385 e. The maximum absolute atomic E-state index is 12.8. The Morgan fingerprint density at radius 3 is 2.69 bits per heavy atom. The van der Waals surface area contributed by atoms with Crippen molar-refractivity contribution in [2.45, 2.75) is 46.0 Å². The highest BCUT2D eigenvalue weighted by Crippen LogP contribution is 2.30. The highest BCUT2D eigenvalue weighted by Gasteiger charge is 2.36. The van der Waals surface area contributed by atoms with E-state index in [2.05, 4.69) is 19.2 Å². The van der Waals surface area contributed by atoms with Gasteiger partial charge in [-0.1, -0.05) is 43.2 Å². The fourth-order valence-corrected chi connectivity index (χ4v) is 3.27. The van der Waals surface area contributed by atoms with Crippen molar-refractivity contribution in [3.63, 3.8) is 0 Å². The lowest BCUT2D eigenvalue weighted by Gasteiger charge is -2.20. The Kier molecular flexibility index (Phi) is 5.71. The third kappa shape index (κ3) is 3.96. The Hall–Kier alpha value is -2.62. The summed E-state index contributed by atoms with van der Waals surface area (Å²) in [5, 5.41) is 3.42. The maximum atomic E-state index is 12.8. The van der Waals surface area contributed by atoms with Gasteiger partial charge in [0.15, 0.2) is 0 Å². The van der Waals surface area contributed by atoms with Gasteiger partial charge in [-0.3, -0.25) is 14.5 Å². The second-order valence-corrected chi connectivity index (χ2v) is 6.92. The second kappa shape index (κ2) is 8.17. The van der Waals surface area contributed by atoms with Crippen LogP contribution >= 0.6 is 0 Å². The molecule has 0 radical (unpaired) electrons. The summed E-state index contributed by atoms with van der Waals surface area (Å²) >= 11 is 0. The molecule has 26 heavy (non-hydrogen) atoms. The molecule has 0 unspecified atom stereocenters. The number of nitrogens with zero attached hydrogens (tertiary/aromatic N) is 1. The molecule has 0 atom stereocenters. The topological polar surface area (TPSA) is 49.4 Å². The zero-order valence-corrected chi connectivity index (χ0v) is 15.5. The van der Waals surface area contributed by atoms with E-state index in [1.807, 2.05) is 42.5 Å². The van der Waals surface area contributed by atoms with E-state index in [-0.39, 0.29) is 18.2 Å². The van der Waals surface area contributed by atoms with E-state index in [1.54, 1.807) is 0 Å². The molecule has 1 N–H and O–H groups in total. The van der Waals surface area contributed by atoms with Gasteiger partial charge in [-0.05, 0) is 50.0 Å². The van der Waals surface area contributed by atoms with Crippen LogP contribution in [0, 0.1) is 0 Å². The number of hydrogen-bond donors (Lipinski definition) is 1. The third-order valence-corrected chi connectivity index (χ3v) is 4.83. The van der Waals surface area contributed by atoms with Crippen molar-refractivity contribution < 1.29 is 9.59 Å². The number of unbranched alkanes of at least 4 members (excludes halogenated alkanes) is 1. The molecule has 1 aliphatic heterocycles. The van der Waals surface area contributed by atoms with Crippen LogP contribution in [-0.2, 0) is 9.59 Å².